The minimum absolute atomic E-state index is 0.272. The molecule has 26 heavy (non-hydrogen) atoms. The number of benzene rings is 1. The fourth-order valence-corrected chi connectivity index (χ4v) is 4.78. The smallest absolute Gasteiger partial charge is 0.243 e. The summed E-state index contributed by atoms with van der Waals surface area (Å²) >= 11 is 5.99. The molecule has 1 aliphatic heterocycles. The van der Waals surface area contributed by atoms with Crippen molar-refractivity contribution < 1.29 is 8.42 Å². The SMILES string of the molecule is Cc1ccc(Cl)cc1S(=O)(=O)N1CCN(c2ccc(N(C)C)nn2)CC1. The molecule has 1 aromatic carbocycles. The summed E-state index contributed by atoms with van der Waals surface area (Å²) in [5.74, 6) is 1.54. The standard InChI is InChI=1S/C17H22ClN5O2S/c1-13-4-5-14(18)12-15(13)26(24,25)23-10-8-22(9-11-23)17-7-6-16(19-20-17)21(2)3/h4-7,12H,8-11H2,1-3H3. The Hall–Kier alpha value is -1.90. The highest BCUT2D eigenvalue weighted by Gasteiger charge is 2.30. The van der Waals surface area contributed by atoms with Crippen molar-refractivity contribution in [3.8, 4) is 0 Å². The summed E-state index contributed by atoms with van der Waals surface area (Å²) < 4.78 is 27.4. The zero-order chi connectivity index (χ0) is 18.9. The number of halogens is 1. The largest absolute Gasteiger partial charge is 0.361 e. The zero-order valence-corrected chi connectivity index (χ0v) is 16.6. The Morgan fingerprint density at radius 2 is 1.73 bits per heavy atom. The maximum atomic E-state index is 12.9. The van der Waals surface area contributed by atoms with Crippen molar-refractivity contribution in [2.24, 2.45) is 0 Å². The Labute approximate surface area is 159 Å². The number of aromatic nitrogens is 2. The Morgan fingerprint density at radius 3 is 2.31 bits per heavy atom. The fraction of sp³-hybridized carbons (Fsp3) is 0.412. The molecule has 1 aliphatic rings. The third kappa shape index (κ3) is 3.77. The van der Waals surface area contributed by atoms with Crippen molar-refractivity contribution in [2.75, 3.05) is 50.1 Å². The second kappa shape index (κ2) is 7.38. The van der Waals surface area contributed by atoms with Crippen LogP contribution in [0.4, 0.5) is 11.6 Å². The average Bonchev–Trinajstić information content (AvgIpc) is 2.64. The molecule has 2 heterocycles. The number of anilines is 2. The molecule has 9 heteroatoms. The number of nitrogens with zero attached hydrogens (tertiary/aromatic N) is 5. The number of sulfonamides is 1. The van der Waals surface area contributed by atoms with Crippen molar-refractivity contribution in [3.63, 3.8) is 0 Å². The summed E-state index contributed by atoms with van der Waals surface area (Å²) in [4.78, 5) is 4.20. The molecule has 0 unspecified atom stereocenters. The predicted molar refractivity (Wildman–Crippen MR) is 104 cm³/mol. The monoisotopic (exact) mass is 395 g/mol. The van der Waals surface area contributed by atoms with Crippen LogP contribution in [0.5, 0.6) is 0 Å². The van der Waals surface area contributed by atoms with Gasteiger partial charge in [0, 0.05) is 45.3 Å². The zero-order valence-electron chi connectivity index (χ0n) is 15.1. The van der Waals surface area contributed by atoms with Gasteiger partial charge in [-0.25, -0.2) is 8.42 Å². The van der Waals surface area contributed by atoms with Gasteiger partial charge in [-0.1, -0.05) is 17.7 Å². The van der Waals surface area contributed by atoms with Crippen LogP contribution in [0, 0.1) is 6.92 Å². The van der Waals surface area contributed by atoms with Crippen LogP contribution in [0.25, 0.3) is 0 Å². The van der Waals surface area contributed by atoms with E-state index in [4.69, 9.17) is 11.6 Å². The summed E-state index contributed by atoms with van der Waals surface area (Å²) in [6, 6.07) is 8.76. The van der Waals surface area contributed by atoms with Gasteiger partial charge in [-0.15, -0.1) is 10.2 Å². The van der Waals surface area contributed by atoms with Crippen molar-refractivity contribution in [2.45, 2.75) is 11.8 Å². The van der Waals surface area contributed by atoms with Gasteiger partial charge in [0.25, 0.3) is 0 Å². The van der Waals surface area contributed by atoms with E-state index in [0.717, 1.165) is 11.6 Å². The van der Waals surface area contributed by atoms with E-state index in [2.05, 4.69) is 10.2 Å². The van der Waals surface area contributed by atoms with Crippen LogP contribution in [0.15, 0.2) is 35.2 Å². The molecule has 0 atom stereocenters. The maximum absolute atomic E-state index is 12.9. The predicted octanol–water partition coefficient (Wildman–Crippen LogP) is 2.02. The van der Waals surface area contributed by atoms with Crippen LogP contribution < -0.4 is 9.80 Å². The molecule has 140 valence electrons. The van der Waals surface area contributed by atoms with E-state index in [9.17, 15) is 8.42 Å². The van der Waals surface area contributed by atoms with E-state index >= 15 is 0 Å². The number of hydrogen-bond acceptors (Lipinski definition) is 6. The summed E-state index contributed by atoms with van der Waals surface area (Å²) in [6.45, 7) is 3.70. The van der Waals surface area contributed by atoms with E-state index in [0.29, 0.717) is 36.8 Å². The lowest BCUT2D eigenvalue weighted by Gasteiger charge is -2.34. The van der Waals surface area contributed by atoms with Crippen LogP contribution in [-0.2, 0) is 10.0 Å². The molecular weight excluding hydrogens is 374 g/mol. The number of rotatable bonds is 4. The van der Waals surface area contributed by atoms with Crippen LogP contribution in [0.2, 0.25) is 5.02 Å². The molecule has 0 saturated carbocycles. The lowest BCUT2D eigenvalue weighted by atomic mass is 10.2. The number of piperazine rings is 1. The molecule has 0 aliphatic carbocycles. The first-order valence-corrected chi connectivity index (χ1v) is 10.1. The van der Waals surface area contributed by atoms with Crippen LogP contribution in [0.3, 0.4) is 0 Å². The van der Waals surface area contributed by atoms with E-state index in [1.165, 1.54) is 10.4 Å². The van der Waals surface area contributed by atoms with Crippen molar-refractivity contribution in [3.05, 3.63) is 40.9 Å². The highest BCUT2D eigenvalue weighted by atomic mass is 35.5. The van der Waals surface area contributed by atoms with Crippen LogP contribution in [0.1, 0.15) is 5.56 Å². The second-order valence-corrected chi connectivity index (χ2v) is 8.79. The summed E-state index contributed by atoms with van der Waals surface area (Å²) in [6.07, 6.45) is 0. The molecule has 1 fully saturated rings. The minimum atomic E-state index is -3.56. The first kappa shape index (κ1) is 18.9. The maximum Gasteiger partial charge on any atom is 0.243 e. The Morgan fingerprint density at radius 1 is 1.04 bits per heavy atom. The number of aryl methyl sites for hydroxylation is 1. The molecule has 0 radical (unpaired) electrons. The summed E-state index contributed by atoms with van der Waals surface area (Å²) in [5, 5.41) is 8.84. The lowest BCUT2D eigenvalue weighted by Crippen LogP contribution is -2.49. The Balaban J connectivity index is 1.72. The fourth-order valence-electron chi connectivity index (χ4n) is 2.87. The molecule has 2 aromatic rings. The molecule has 0 spiro atoms. The molecule has 7 nitrogen and oxygen atoms in total. The van der Waals surface area contributed by atoms with Crippen molar-refractivity contribution in [1.82, 2.24) is 14.5 Å². The quantitative estimate of drug-likeness (QED) is 0.788. The topological polar surface area (TPSA) is 69.6 Å². The lowest BCUT2D eigenvalue weighted by molar-refractivity contribution is 0.383. The molecule has 3 rings (SSSR count). The highest BCUT2D eigenvalue weighted by molar-refractivity contribution is 7.89. The summed E-state index contributed by atoms with van der Waals surface area (Å²) in [5.41, 5.74) is 0.696. The molecular formula is C17H22ClN5O2S. The number of hydrogen-bond donors (Lipinski definition) is 0. The molecule has 0 N–H and O–H groups in total. The van der Waals surface area contributed by atoms with E-state index in [-0.39, 0.29) is 4.90 Å². The van der Waals surface area contributed by atoms with Gasteiger partial charge < -0.3 is 9.80 Å². The van der Waals surface area contributed by atoms with Crippen LogP contribution in [-0.4, -0.2) is 63.2 Å². The van der Waals surface area contributed by atoms with Gasteiger partial charge >= 0.3 is 0 Å². The normalized spacial score (nSPS) is 15.9. The summed E-state index contributed by atoms with van der Waals surface area (Å²) in [7, 11) is 0.257. The average molecular weight is 396 g/mol. The van der Waals surface area contributed by atoms with Crippen molar-refractivity contribution in [1.29, 1.82) is 0 Å². The third-order valence-corrected chi connectivity index (χ3v) is 6.70. The molecule has 0 bridgehead atoms. The first-order chi connectivity index (χ1) is 12.3. The van der Waals surface area contributed by atoms with Crippen molar-refractivity contribution >= 4 is 33.3 Å². The van der Waals surface area contributed by atoms with Gasteiger partial charge in [0.1, 0.15) is 0 Å². The van der Waals surface area contributed by atoms with Gasteiger partial charge in [0.05, 0.1) is 4.90 Å². The Kier molecular flexibility index (Phi) is 5.36. The first-order valence-electron chi connectivity index (χ1n) is 8.31. The van der Waals surface area contributed by atoms with E-state index < -0.39 is 10.0 Å². The van der Waals surface area contributed by atoms with Gasteiger partial charge in [0.2, 0.25) is 10.0 Å². The highest BCUT2D eigenvalue weighted by Crippen LogP contribution is 2.25. The Bertz CT molecular complexity index is 879. The minimum Gasteiger partial charge on any atom is -0.361 e. The third-order valence-electron chi connectivity index (χ3n) is 4.43. The molecule has 1 aromatic heterocycles. The van der Waals surface area contributed by atoms with Gasteiger partial charge in [-0.2, -0.15) is 4.31 Å². The molecule has 0 amide bonds. The van der Waals surface area contributed by atoms with E-state index in [1.54, 1.807) is 19.1 Å². The molecule has 1 saturated heterocycles. The van der Waals surface area contributed by atoms with Crippen LogP contribution >= 0.6 is 11.6 Å². The second-order valence-electron chi connectivity index (χ2n) is 6.45. The van der Waals surface area contributed by atoms with Gasteiger partial charge in [0.15, 0.2) is 11.6 Å². The van der Waals surface area contributed by atoms with E-state index in [1.807, 2.05) is 36.0 Å². The van der Waals surface area contributed by atoms with Gasteiger partial charge in [-0.3, -0.25) is 0 Å². The van der Waals surface area contributed by atoms with Gasteiger partial charge in [-0.05, 0) is 36.8 Å².